The Morgan fingerprint density at radius 1 is 1.43 bits per heavy atom. The van der Waals surface area contributed by atoms with Crippen LogP contribution in [0.2, 0.25) is 0 Å². The number of hydrogen-bond acceptors (Lipinski definition) is 2. The molecule has 2 nitrogen and oxygen atoms in total. The summed E-state index contributed by atoms with van der Waals surface area (Å²) in [6.07, 6.45) is 4.43. The van der Waals surface area contributed by atoms with Crippen LogP contribution in [0.3, 0.4) is 0 Å². The van der Waals surface area contributed by atoms with E-state index in [4.69, 9.17) is 0 Å². The fourth-order valence-corrected chi connectivity index (χ4v) is 2.32. The topological polar surface area (TPSA) is 20.3 Å². The van der Waals surface area contributed by atoms with E-state index in [0.717, 1.165) is 25.3 Å². The first-order valence-corrected chi connectivity index (χ1v) is 5.83. The molecule has 2 atom stereocenters. The molecule has 0 aliphatic carbocycles. The highest BCUT2D eigenvalue weighted by molar-refractivity contribution is 5.75. The van der Waals surface area contributed by atoms with Crippen LogP contribution in [0.5, 0.6) is 0 Å². The Hall–Kier alpha value is -0.370. The van der Waals surface area contributed by atoms with Gasteiger partial charge in [0.15, 0.2) is 0 Å². The standard InChI is InChI=1S/C12H23NO/c1-10-6-8-13(11(2)9-10)7-4-5-12(3)14/h10-11H,4-9H2,1-3H3. The second kappa shape index (κ2) is 5.50. The molecule has 82 valence electrons. The maximum Gasteiger partial charge on any atom is 0.129 e. The Balaban J connectivity index is 2.20. The normalized spacial score (nSPS) is 29.1. The van der Waals surface area contributed by atoms with Gasteiger partial charge in [0.05, 0.1) is 0 Å². The van der Waals surface area contributed by atoms with E-state index in [1.54, 1.807) is 6.92 Å². The number of hydrogen-bond donors (Lipinski definition) is 0. The van der Waals surface area contributed by atoms with Crippen molar-refractivity contribution in [3.63, 3.8) is 0 Å². The second-order valence-corrected chi connectivity index (χ2v) is 4.82. The fourth-order valence-electron chi connectivity index (χ4n) is 2.32. The van der Waals surface area contributed by atoms with Gasteiger partial charge in [0.2, 0.25) is 0 Å². The lowest BCUT2D eigenvalue weighted by Crippen LogP contribution is -2.40. The second-order valence-electron chi connectivity index (χ2n) is 4.82. The molecule has 0 aromatic carbocycles. The van der Waals surface area contributed by atoms with Crippen molar-refractivity contribution in [3.8, 4) is 0 Å². The van der Waals surface area contributed by atoms with Crippen LogP contribution in [0, 0.1) is 5.92 Å². The Labute approximate surface area is 87.7 Å². The molecule has 0 N–H and O–H groups in total. The molecule has 1 aliphatic heterocycles. The first kappa shape index (κ1) is 11.7. The Kier molecular flexibility index (Phi) is 4.59. The summed E-state index contributed by atoms with van der Waals surface area (Å²) >= 11 is 0. The van der Waals surface area contributed by atoms with Crippen molar-refractivity contribution in [3.05, 3.63) is 0 Å². The molecule has 2 unspecified atom stereocenters. The average Bonchev–Trinajstić information content (AvgIpc) is 2.08. The van der Waals surface area contributed by atoms with Gasteiger partial charge < -0.3 is 9.69 Å². The summed E-state index contributed by atoms with van der Waals surface area (Å²) in [5.41, 5.74) is 0. The van der Waals surface area contributed by atoms with Crippen molar-refractivity contribution >= 4 is 5.78 Å². The molecule has 0 aromatic rings. The zero-order valence-corrected chi connectivity index (χ0v) is 9.75. The van der Waals surface area contributed by atoms with Crippen molar-refractivity contribution in [2.75, 3.05) is 13.1 Å². The van der Waals surface area contributed by atoms with E-state index in [1.165, 1.54) is 19.4 Å². The summed E-state index contributed by atoms with van der Waals surface area (Å²) in [7, 11) is 0. The van der Waals surface area contributed by atoms with Crippen LogP contribution >= 0.6 is 0 Å². The van der Waals surface area contributed by atoms with Crippen molar-refractivity contribution in [1.82, 2.24) is 4.90 Å². The molecule has 14 heavy (non-hydrogen) atoms. The largest absolute Gasteiger partial charge is 0.301 e. The van der Waals surface area contributed by atoms with Gasteiger partial charge in [-0.25, -0.2) is 0 Å². The SMILES string of the molecule is CC(=O)CCCN1CCC(C)CC1C. The van der Waals surface area contributed by atoms with Gasteiger partial charge in [-0.05, 0) is 52.1 Å². The minimum Gasteiger partial charge on any atom is -0.301 e. The monoisotopic (exact) mass is 197 g/mol. The van der Waals surface area contributed by atoms with Gasteiger partial charge in [-0.15, -0.1) is 0 Å². The van der Waals surface area contributed by atoms with E-state index >= 15 is 0 Å². The van der Waals surface area contributed by atoms with Gasteiger partial charge in [-0.3, -0.25) is 0 Å². The van der Waals surface area contributed by atoms with Gasteiger partial charge >= 0.3 is 0 Å². The maximum atomic E-state index is 10.8. The molecule has 2 heteroatoms. The molecule has 1 heterocycles. The molecule has 0 amide bonds. The third kappa shape index (κ3) is 3.79. The van der Waals surface area contributed by atoms with Crippen LogP contribution in [-0.2, 0) is 4.79 Å². The number of carbonyl (C=O) groups is 1. The van der Waals surface area contributed by atoms with Gasteiger partial charge in [-0.2, -0.15) is 0 Å². The van der Waals surface area contributed by atoms with E-state index in [1.807, 2.05) is 0 Å². The molecule has 0 spiro atoms. The van der Waals surface area contributed by atoms with Gasteiger partial charge in [0.25, 0.3) is 0 Å². The van der Waals surface area contributed by atoms with Crippen molar-refractivity contribution in [2.45, 2.75) is 52.5 Å². The highest BCUT2D eigenvalue weighted by Crippen LogP contribution is 2.22. The number of ketones is 1. The predicted octanol–water partition coefficient (Wildman–Crippen LogP) is 2.48. The molecule has 0 bridgehead atoms. The summed E-state index contributed by atoms with van der Waals surface area (Å²) in [6.45, 7) is 8.66. The Morgan fingerprint density at radius 2 is 2.14 bits per heavy atom. The van der Waals surface area contributed by atoms with Gasteiger partial charge in [0, 0.05) is 12.5 Å². The van der Waals surface area contributed by atoms with Crippen LogP contribution < -0.4 is 0 Å². The highest BCUT2D eigenvalue weighted by atomic mass is 16.1. The lowest BCUT2D eigenvalue weighted by atomic mass is 9.93. The molecule has 1 saturated heterocycles. The molecule has 0 aromatic heterocycles. The third-order valence-corrected chi connectivity index (χ3v) is 3.25. The lowest BCUT2D eigenvalue weighted by Gasteiger charge is -2.36. The zero-order chi connectivity index (χ0) is 10.6. The summed E-state index contributed by atoms with van der Waals surface area (Å²) < 4.78 is 0. The molecular formula is C12H23NO. The fraction of sp³-hybridized carbons (Fsp3) is 0.917. The average molecular weight is 197 g/mol. The van der Waals surface area contributed by atoms with Crippen LogP contribution in [0.1, 0.15) is 46.5 Å². The van der Waals surface area contributed by atoms with Gasteiger partial charge in [0.1, 0.15) is 5.78 Å². The molecule has 0 saturated carbocycles. The van der Waals surface area contributed by atoms with E-state index in [0.29, 0.717) is 11.8 Å². The van der Waals surface area contributed by atoms with Crippen molar-refractivity contribution < 1.29 is 4.79 Å². The van der Waals surface area contributed by atoms with E-state index in [2.05, 4.69) is 18.7 Å². The van der Waals surface area contributed by atoms with Crippen LogP contribution in [0.4, 0.5) is 0 Å². The smallest absolute Gasteiger partial charge is 0.129 e. The number of nitrogens with zero attached hydrogens (tertiary/aromatic N) is 1. The summed E-state index contributed by atoms with van der Waals surface area (Å²) in [6, 6.07) is 0.714. The minimum atomic E-state index is 0.322. The highest BCUT2D eigenvalue weighted by Gasteiger charge is 2.21. The molecule has 0 radical (unpaired) electrons. The van der Waals surface area contributed by atoms with Crippen LogP contribution in [0.25, 0.3) is 0 Å². The number of carbonyl (C=O) groups excluding carboxylic acids is 1. The number of Topliss-reactive ketones (excluding diaryl/α,β-unsaturated/α-hetero) is 1. The molecule has 1 fully saturated rings. The Morgan fingerprint density at radius 3 is 2.71 bits per heavy atom. The summed E-state index contributed by atoms with van der Waals surface area (Å²) in [5, 5.41) is 0. The molecule has 1 rings (SSSR count). The quantitative estimate of drug-likeness (QED) is 0.690. The maximum absolute atomic E-state index is 10.8. The van der Waals surface area contributed by atoms with Crippen molar-refractivity contribution in [2.24, 2.45) is 5.92 Å². The summed E-state index contributed by atoms with van der Waals surface area (Å²) in [4.78, 5) is 13.3. The van der Waals surface area contributed by atoms with Gasteiger partial charge in [-0.1, -0.05) is 6.92 Å². The lowest BCUT2D eigenvalue weighted by molar-refractivity contribution is -0.117. The number of piperidine rings is 1. The summed E-state index contributed by atoms with van der Waals surface area (Å²) in [5.74, 6) is 1.21. The first-order chi connectivity index (χ1) is 6.59. The van der Waals surface area contributed by atoms with E-state index in [-0.39, 0.29) is 0 Å². The van der Waals surface area contributed by atoms with Crippen molar-refractivity contribution in [1.29, 1.82) is 0 Å². The first-order valence-electron chi connectivity index (χ1n) is 5.83. The number of rotatable bonds is 4. The van der Waals surface area contributed by atoms with Crippen LogP contribution in [0.15, 0.2) is 0 Å². The molecule has 1 aliphatic rings. The zero-order valence-electron chi connectivity index (χ0n) is 9.75. The van der Waals surface area contributed by atoms with E-state index in [9.17, 15) is 4.79 Å². The Bertz CT molecular complexity index is 191. The van der Waals surface area contributed by atoms with E-state index < -0.39 is 0 Å². The molecular weight excluding hydrogens is 174 g/mol. The third-order valence-electron chi connectivity index (χ3n) is 3.25. The predicted molar refractivity (Wildman–Crippen MR) is 59.3 cm³/mol. The minimum absolute atomic E-state index is 0.322. The van der Waals surface area contributed by atoms with Crippen LogP contribution in [-0.4, -0.2) is 29.8 Å². The number of likely N-dealkylation sites (tertiary alicyclic amines) is 1.